The number of hydrogen-bond acceptors (Lipinski definition) is 3. The van der Waals surface area contributed by atoms with Gasteiger partial charge in [0.15, 0.2) is 0 Å². The molecule has 108 valence electrons. The van der Waals surface area contributed by atoms with E-state index < -0.39 is 10.8 Å². The molecule has 0 aromatic carbocycles. The van der Waals surface area contributed by atoms with E-state index in [0.29, 0.717) is 12.1 Å². The Kier molecular flexibility index (Phi) is 5.02. The Labute approximate surface area is 118 Å². The van der Waals surface area contributed by atoms with Crippen LogP contribution in [0.4, 0.5) is 5.95 Å². The zero-order valence-electron chi connectivity index (χ0n) is 12.2. The third kappa shape index (κ3) is 4.06. The summed E-state index contributed by atoms with van der Waals surface area (Å²) >= 11 is 0. The van der Waals surface area contributed by atoms with E-state index in [9.17, 15) is 4.21 Å². The van der Waals surface area contributed by atoms with Crippen LogP contribution < -0.4 is 5.32 Å². The number of aryl methyl sites for hydroxylation is 1. The molecule has 1 N–H and O–H groups in total. The van der Waals surface area contributed by atoms with Crippen molar-refractivity contribution in [2.75, 3.05) is 17.3 Å². The number of nitrogens with zero attached hydrogens (tertiary/aromatic N) is 2. The molecule has 1 aromatic heterocycles. The Bertz CT molecular complexity index is 438. The van der Waals surface area contributed by atoms with Crippen LogP contribution in [0, 0.1) is 6.92 Å². The van der Waals surface area contributed by atoms with Gasteiger partial charge in [-0.1, -0.05) is 12.8 Å². The van der Waals surface area contributed by atoms with Crippen molar-refractivity contribution in [1.29, 1.82) is 0 Å². The zero-order chi connectivity index (χ0) is 13.8. The van der Waals surface area contributed by atoms with E-state index in [2.05, 4.69) is 28.0 Å². The highest BCUT2D eigenvalue weighted by Gasteiger charge is 2.20. The summed E-state index contributed by atoms with van der Waals surface area (Å²) in [4.78, 5) is 4.60. The molecule has 4 nitrogen and oxygen atoms in total. The molecule has 2 atom stereocenters. The molecule has 2 rings (SSSR count). The van der Waals surface area contributed by atoms with Crippen LogP contribution in [0.2, 0.25) is 0 Å². The van der Waals surface area contributed by atoms with Crippen LogP contribution in [0.5, 0.6) is 0 Å². The predicted octanol–water partition coefficient (Wildman–Crippen LogP) is 2.88. The van der Waals surface area contributed by atoms with Gasteiger partial charge < -0.3 is 9.88 Å². The average molecular weight is 283 g/mol. The highest BCUT2D eigenvalue weighted by molar-refractivity contribution is 7.84. The smallest absolute Gasteiger partial charge is 0.203 e. The van der Waals surface area contributed by atoms with E-state index in [-0.39, 0.29) is 0 Å². The summed E-state index contributed by atoms with van der Waals surface area (Å²) in [6.45, 7) is 4.18. The second-order valence-corrected chi connectivity index (χ2v) is 7.22. The molecule has 1 aliphatic rings. The molecule has 1 heterocycles. The SMILES string of the molecule is Cc1cn(C2CCCC2)c(NC(C)CCS(C)=O)n1. The third-order valence-electron chi connectivity index (χ3n) is 3.78. The number of aromatic nitrogens is 2. The molecule has 1 aromatic rings. The number of nitrogens with one attached hydrogen (secondary N) is 1. The maximum atomic E-state index is 11.1. The van der Waals surface area contributed by atoms with E-state index in [1.165, 1.54) is 25.7 Å². The minimum atomic E-state index is -0.713. The largest absolute Gasteiger partial charge is 0.353 e. The first-order chi connectivity index (χ1) is 9.06. The van der Waals surface area contributed by atoms with Crippen LogP contribution in [-0.2, 0) is 10.8 Å². The van der Waals surface area contributed by atoms with Gasteiger partial charge in [0.1, 0.15) is 0 Å². The highest BCUT2D eigenvalue weighted by Crippen LogP contribution is 2.32. The molecule has 0 saturated heterocycles. The van der Waals surface area contributed by atoms with Gasteiger partial charge in [-0.3, -0.25) is 4.21 Å². The van der Waals surface area contributed by atoms with Crippen molar-refractivity contribution in [3.05, 3.63) is 11.9 Å². The topological polar surface area (TPSA) is 46.9 Å². The van der Waals surface area contributed by atoms with Gasteiger partial charge in [0.25, 0.3) is 0 Å². The first kappa shape index (κ1) is 14.6. The van der Waals surface area contributed by atoms with Gasteiger partial charge >= 0.3 is 0 Å². The molecule has 0 aliphatic heterocycles. The second kappa shape index (κ2) is 6.55. The van der Waals surface area contributed by atoms with E-state index in [1.807, 2.05) is 6.92 Å². The number of anilines is 1. The molecule has 0 amide bonds. The van der Waals surface area contributed by atoms with E-state index >= 15 is 0 Å². The van der Waals surface area contributed by atoms with Crippen molar-refractivity contribution < 1.29 is 4.21 Å². The lowest BCUT2D eigenvalue weighted by Crippen LogP contribution is -2.21. The molecule has 19 heavy (non-hydrogen) atoms. The van der Waals surface area contributed by atoms with Crippen LogP contribution in [0.3, 0.4) is 0 Å². The minimum absolute atomic E-state index is 0.311. The fourth-order valence-corrected chi connectivity index (χ4v) is 3.40. The first-order valence-electron chi connectivity index (χ1n) is 7.18. The maximum Gasteiger partial charge on any atom is 0.203 e. The average Bonchev–Trinajstić information content (AvgIpc) is 2.95. The fourth-order valence-electron chi connectivity index (χ4n) is 2.72. The van der Waals surface area contributed by atoms with Gasteiger partial charge in [0.05, 0.1) is 5.69 Å². The summed E-state index contributed by atoms with van der Waals surface area (Å²) < 4.78 is 13.5. The molecule has 1 fully saturated rings. The van der Waals surface area contributed by atoms with Crippen LogP contribution >= 0.6 is 0 Å². The Morgan fingerprint density at radius 1 is 1.53 bits per heavy atom. The van der Waals surface area contributed by atoms with Gasteiger partial charge in [-0.05, 0) is 33.1 Å². The van der Waals surface area contributed by atoms with Crippen LogP contribution in [-0.4, -0.2) is 31.8 Å². The molecular weight excluding hydrogens is 258 g/mol. The Hall–Kier alpha value is -0.840. The van der Waals surface area contributed by atoms with Crippen LogP contribution in [0.15, 0.2) is 6.20 Å². The van der Waals surface area contributed by atoms with Crippen LogP contribution in [0.1, 0.15) is 50.8 Å². The summed E-state index contributed by atoms with van der Waals surface area (Å²) in [5, 5.41) is 3.48. The monoisotopic (exact) mass is 283 g/mol. The maximum absolute atomic E-state index is 11.1. The van der Waals surface area contributed by atoms with Crippen molar-refractivity contribution in [1.82, 2.24) is 9.55 Å². The predicted molar refractivity (Wildman–Crippen MR) is 81.1 cm³/mol. The number of hydrogen-bond donors (Lipinski definition) is 1. The van der Waals surface area contributed by atoms with E-state index in [1.54, 1.807) is 6.26 Å². The molecule has 1 saturated carbocycles. The van der Waals surface area contributed by atoms with Gasteiger partial charge in [0, 0.05) is 41.1 Å². The summed E-state index contributed by atoms with van der Waals surface area (Å²) in [7, 11) is -0.713. The van der Waals surface area contributed by atoms with Crippen molar-refractivity contribution >= 4 is 16.7 Å². The Morgan fingerprint density at radius 3 is 2.84 bits per heavy atom. The molecule has 2 unspecified atom stereocenters. The van der Waals surface area contributed by atoms with Crippen molar-refractivity contribution in [2.45, 2.75) is 58.0 Å². The highest BCUT2D eigenvalue weighted by atomic mass is 32.2. The lowest BCUT2D eigenvalue weighted by atomic mass is 10.2. The minimum Gasteiger partial charge on any atom is -0.353 e. The Morgan fingerprint density at radius 2 is 2.21 bits per heavy atom. The molecule has 0 radical (unpaired) electrons. The normalized spacial score (nSPS) is 19.5. The van der Waals surface area contributed by atoms with Gasteiger partial charge in [-0.15, -0.1) is 0 Å². The van der Waals surface area contributed by atoms with Gasteiger partial charge in [0.2, 0.25) is 5.95 Å². The summed E-state index contributed by atoms with van der Waals surface area (Å²) in [6.07, 6.45) is 10.0. The van der Waals surface area contributed by atoms with Crippen molar-refractivity contribution in [2.24, 2.45) is 0 Å². The third-order valence-corrected chi connectivity index (χ3v) is 4.60. The summed E-state index contributed by atoms with van der Waals surface area (Å²) in [5.74, 6) is 1.73. The van der Waals surface area contributed by atoms with Crippen LogP contribution in [0.25, 0.3) is 0 Å². The second-order valence-electron chi connectivity index (χ2n) is 5.66. The quantitative estimate of drug-likeness (QED) is 0.873. The molecular formula is C14H25N3OS. The summed E-state index contributed by atoms with van der Waals surface area (Å²) in [6, 6.07) is 0.919. The van der Waals surface area contributed by atoms with E-state index in [4.69, 9.17) is 0 Å². The fraction of sp³-hybridized carbons (Fsp3) is 0.786. The first-order valence-corrected chi connectivity index (χ1v) is 8.91. The van der Waals surface area contributed by atoms with Gasteiger partial charge in [-0.2, -0.15) is 0 Å². The van der Waals surface area contributed by atoms with E-state index in [0.717, 1.165) is 23.8 Å². The lowest BCUT2D eigenvalue weighted by molar-refractivity contribution is 0.519. The van der Waals surface area contributed by atoms with Crippen molar-refractivity contribution in [3.63, 3.8) is 0 Å². The molecule has 1 aliphatic carbocycles. The van der Waals surface area contributed by atoms with Crippen molar-refractivity contribution in [3.8, 4) is 0 Å². The lowest BCUT2D eigenvalue weighted by Gasteiger charge is -2.19. The zero-order valence-corrected chi connectivity index (χ0v) is 13.0. The van der Waals surface area contributed by atoms with Gasteiger partial charge in [-0.25, -0.2) is 4.98 Å². The standard InChI is InChI=1S/C14H25N3OS/c1-11(8-9-19(3)18)15-14-16-12(2)10-17(14)13-6-4-5-7-13/h10-11,13H,4-9H2,1-3H3,(H,15,16). The molecule has 0 spiro atoms. The Balaban J connectivity index is 2.00. The number of imidazole rings is 1. The molecule has 5 heteroatoms. The molecule has 0 bridgehead atoms. The summed E-state index contributed by atoms with van der Waals surface area (Å²) in [5.41, 5.74) is 1.07. The number of rotatable bonds is 6.